The summed E-state index contributed by atoms with van der Waals surface area (Å²) in [7, 11) is 3.75. The summed E-state index contributed by atoms with van der Waals surface area (Å²) in [5.74, 6) is 0.892. The van der Waals surface area contributed by atoms with Crippen molar-refractivity contribution in [3.63, 3.8) is 0 Å². The lowest BCUT2D eigenvalue weighted by molar-refractivity contribution is 0.415. The van der Waals surface area contributed by atoms with Gasteiger partial charge in [0.25, 0.3) is 0 Å². The van der Waals surface area contributed by atoms with E-state index in [4.69, 9.17) is 4.74 Å². The number of methoxy groups -OCH3 is 1. The maximum absolute atomic E-state index is 5.26. The molecule has 0 saturated carbocycles. The van der Waals surface area contributed by atoms with E-state index in [2.05, 4.69) is 43.4 Å². The lowest BCUT2D eigenvalue weighted by atomic mass is 10.0. The molecule has 0 saturated heterocycles. The van der Waals surface area contributed by atoms with Gasteiger partial charge in [0, 0.05) is 29.7 Å². The van der Waals surface area contributed by atoms with Gasteiger partial charge in [0.1, 0.15) is 5.75 Å². The van der Waals surface area contributed by atoms with Crippen LogP contribution in [0.4, 0.5) is 0 Å². The summed E-state index contributed by atoms with van der Waals surface area (Å²) >= 11 is 0. The zero-order valence-electron chi connectivity index (χ0n) is 10.1. The van der Waals surface area contributed by atoms with Crippen LogP contribution in [0.15, 0.2) is 31.0 Å². The van der Waals surface area contributed by atoms with Gasteiger partial charge in [-0.1, -0.05) is 13.5 Å². The highest BCUT2D eigenvalue weighted by Crippen LogP contribution is 2.30. The molecule has 0 bridgehead atoms. The standard InChI is InChI=1S/C14H17NO/c1-5-10(2)13-9-15(3)14-7-6-11(16-4)8-12(13)14/h6-9H,2,5H2,1,3-4H3. The van der Waals surface area contributed by atoms with Crippen molar-refractivity contribution in [1.82, 2.24) is 4.57 Å². The number of fused-ring (bicyclic) bond motifs is 1. The molecule has 2 aromatic rings. The van der Waals surface area contributed by atoms with Gasteiger partial charge < -0.3 is 9.30 Å². The SMILES string of the molecule is C=C(CC)c1cn(C)c2ccc(OC)cc12. The Morgan fingerprint density at radius 1 is 1.44 bits per heavy atom. The largest absolute Gasteiger partial charge is 0.497 e. The third-order valence-corrected chi connectivity index (χ3v) is 3.00. The number of nitrogens with zero attached hydrogens (tertiary/aromatic N) is 1. The molecule has 0 radical (unpaired) electrons. The Labute approximate surface area is 96.1 Å². The minimum absolute atomic E-state index is 0.892. The first kappa shape index (κ1) is 10.8. The van der Waals surface area contributed by atoms with Crippen LogP contribution < -0.4 is 4.74 Å². The number of aryl methyl sites for hydroxylation is 1. The molecule has 2 heteroatoms. The number of allylic oxidation sites excluding steroid dienone is 1. The average molecular weight is 215 g/mol. The number of rotatable bonds is 3. The topological polar surface area (TPSA) is 14.2 Å². The normalized spacial score (nSPS) is 10.7. The first-order chi connectivity index (χ1) is 7.67. The molecule has 16 heavy (non-hydrogen) atoms. The van der Waals surface area contributed by atoms with E-state index in [1.54, 1.807) is 7.11 Å². The van der Waals surface area contributed by atoms with Gasteiger partial charge in [0.15, 0.2) is 0 Å². The summed E-state index contributed by atoms with van der Waals surface area (Å²) in [6.07, 6.45) is 3.10. The zero-order chi connectivity index (χ0) is 11.7. The van der Waals surface area contributed by atoms with Gasteiger partial charge in [-0.15, -0.1) is 0 Å². The lowest BCUT2D eigenvalue weighted by Crippen LogP contribution is -1.85. The van der Waals surface area contributed by atoms with Crippen LogP contribution in [0.5, 0.6) is 5.75 Å². The minimum Gasteiger partial charge on any atom is -0.497 e. The van der Waals surface area contributed by atoms with Gasteiger partial charge in [0.2, 0.25) is 0 Å². The molecule has 1 heterocycles. The Kier molecular flexibility index (Phi) is 2.73. The molecule has 0 aliphatic carbocycles. The Hall–Kier alpha value is -1.70. The molecule has 2 nitrogen and oxygen atoms in total. The molecule has 0 fully saturated rings. The van der Waals surface area contributed by atoms with Crippen molar-refractivity contribution in [2.24, 2.45) is 7.05 Å². The van der Waals surface area contributed by atoms with E-state index in [0.717, 1.165) is 12.2 Å². The van der Waals surface area contributed by atoms with Gasteiger partial charge in [-0.05, 0) is 30.2 Å². The molecule has 1 aromatic heterocycles. The predicted octanol–water partition coefficient (Wildman–Crippen LogP) is 3.61. The third-order valence-electron chi connectivity index (χ3n) is 3.00. The van der Waals surface area contributed by atoms with Crippen LogP contribution in [-0.4, -0.2) is 11.7 Å². The first-order valence-corrected chi connectivity index (χ1v) is 5.48. The van der Waals surface area contributed by atoms with Crippen LogP contribution >= 0.6 is 0 Å². The molecule has 0 aliphatic rings. The average Bonchev–Trinajstić information content (AvgIpc) is 2.65. The van der Waals surface area contributed by atoms with E-state index in [1.165, 1.54) is 22.0 Å². The van der Waals surface area contributed by atoms with Gasteiger partial charge in [0.05, 0.1) is 7.11 Å². The summed E-state index contributed by atoms with van der Waals surface area (Å²) in [6.45, 7) is 6.23. The van der Waals surface area contributed by atoms with Crippen molar-refractivity contribution < 1.29 is 4.74 Å². The van der Waals surface area contributed by atoms with Gasteiger partial charge in [-0.25, -0.2) is 0 Å². The maximum Gasteiger partial charge on any atom is 0.119 e. The number of ether oxygens (including phenoxy) is 1. The second kappa shape index (κ2) is 4.05. The lowest BCUT2D eigenvalue weighted by Gasteiger charge is -2.02. The predicted molar refractivity (Wildman–Crippen MR) is 68.8 cm³/mol. The molecule has 0 atom stereocenters. The van der Waals surface area contributed by atoms with E-state index in [9.17, 15) is 0 Å². The summed E-state index contributed by atoms with van der Waals surface area (Å²) in [5, 5.41) is 1.22. The number of aromatic nitrogens is 1. The molecule has 2 rings (SSSR count). The monoisotopic (exact) mass is 215 g/mol. The van der Waals surface area contributed by atoms with Gasteiger partial charge in [-0.2, -0.15) is 0 Å². The molecule has 0 unspecified atom stereocenters. The van der Waals surface area contributed by atoms with E-state index in [0.29, 0.717) is 0 Å². The van der Waals surface area contributed by atoms with E-state index in [1.807, 2.05) is 6.07 Å². The quantitative estimate of drug-likeness (QED) is 0.763. The number of benzene rings is 1. The Bertz CT molecular complexity index is 537. The Balaban J connectivity index is 2.70. The summed E-state index contributed by atoms with van der Waals surface area (Å²) in [6, 6.07) is 6.15. The fourth-order valence-corrected chi connectivity index (χ4v) is 1.97. The highest BCUT2D eigenvalue weighted by atomic mass is 16.5. The molecular formula is C14H17NO. The minimum atomic E-state index is 0.892. The number of hydrogen-bond acceptors (Lipinski definition) is 1. The van der Waals surface area contributed by atoms with E-state index < -0.39 is 0 Å². The second-order valence-corrected chi connectivity index (χ2v) is 3.99. The zero-order valence-corrected chi connectivity index (χ0v) is 10.1. The first-order valence-electron chi connectivity index (χ1n) is 5.48. The van der Waals surface area contributed by atoms with Crippen molar-refractivity contribution in [2.75, 3.05) is 7.11 Å². The van der Waals surface area contributed by atoms with Crippen LogP contribution in [0.1, 0.15) is 18.9 Å². The van der Waals surface area contributed by atoms with Gasteiger partial charge >= 0.3 is 0 Å². The van der Waals surface area contributed by atoms with E-state index in [-0.39, 0.29) is 0 Å². The maximum atomic E-state index is 5.26. The molecule has 0 aliphatic heterocycles. The highest BCUT2D eigenvalue weighted by Gasteiger charge is 2.09. The highest BCUT2D eigenvalue weighted by molar-refractivity contribution is 5.93. The van der Waals surface area contributed by atoms with Gasteiger partial charge in [-0.3, -0.25) is 0 Å². The summed E-state index contributed by atoms with van der Waals surface area (Å²) in [4.78, 5) is 0. The molecule has 84 valence electrons. The van der Waals surface area contributed by atoms with E-state index >= 15 is 0 Å². The Morgan fingerprint density at radius 2 is 2.19 bits per heavy atom. The van der Waals surface area contributed by atoms with Crippen molar-refractivity contribution >= 4 is 16.5 Å². The summed E-state index contributed by atoms with van der Waals surface area (Å²) in [5.41, 5.74) is 3.60. The third kappa shape index (κ3) is 1.60. The van der Waals surface area contributed by atoms with Crippen molar-refractivity contribution in [1.29, 1.82) is 0 Å². The molecule has 1 aromatic carbocycles. The van der Waals surface area contributed by atoms with Crippen LogP contribution in [-0.2, 0) is 7.05 Å². The fraction of sp³-hybridized carbons (Fsp3) is 0.286. The second-order valence-electron chi connectivity index (χ2n) is 3.99. The molecule has 0 N–H and O–H groups in total. The number of hydrogen-bond donors (Lipinski definition) is 0. The fourth-order valence-electron chi connectivity index (χ4n) is 1.97. The molecular weight excluding hydrogens is 198 g/mol. The van der Waals surface area contributed by atoms with Crippen LogP contribution in [0.3, 0.4) is 0 Å². The van der Waals surface area contributed by atoms with Crippen molar-refractivity contribution in [3.05, 3.63) is 36.5 Å². The molecule has 0 amide bonds. The van der Waals surface area contributed by atoms with Crippen molar-refractivity contribution in [3.8, 4) is 5.75 Å². The van der Waals surface area contributed by atoms with Crippen LogP contribution in [0, 0.1) is 0 Å². The van der Waals surface area contributed by atoms with Crippen LogP contribution in [0.25, 0.3) is 16.5 Å². The Morgan fingerprint density at radius 3 is 2.81 bits per heavy atom. The smallest absolute Gasteiger partial charge is 0.119 e. The van der Waals surface area contributed by atoms with Crippen LogP contribution in [0.2, 0.25) is 0 Å². The molecule has 0 spiro atoms. The van der Waals surface area contributed by atoms with Crippen molar-refractivity contribution in [2.45, 2.75) is 13.3 Å². The summed E-state index contributed by atoms with van der Waals surface area (Å²) < 4.78 is 7.39.